The molecule has 2 fully saturated rings. The number of nitrogens with zero attached hydrogens (tertiary/aromatic N) is 3. The molecule has 0 unspecified atom stereocenters. The van der Waals surface area contributed by atoms with Gasteiger partial charge >= 0.3 is 0 Å². The molecule has 2 aliphatic rings. The van der Waals surface area contributed by atoms with Crippen LogP contribution in [0.1, 0.15) is 15.9 Å². The van der Waals surface area contributed by atoms with Crippen LogP contribution in [0.5, 0.6) is 0 Å². The van der Waals surface area contributed by atoms with Gasteiger partial charge in [-0.15, -0.1) is 0 Å². The first-order valence-corrected chi connectivity index (χ1v) is 14.5. The number of anilines is 4. The normalized spacial score (nSPS) is 18.7. The van der Waals surface area contributed by atoms with Gasteiger partial charge in [-0.1, -0.05) is 13.1 Å². The molecule has 1 aromatic carbocycles. The maximum atomic E-state index is 13.3. The number of carbonyl (C=O) groups excluding carboxylic acids is 1. The van der Waals surface area contributed by atoms with Gasteiger partial charge in [-0.05, 0) is 54.9 Å². The smallest absolute Gasteiger partial charge is 0.258 e. The summed E-state index contributed by atoms with van der Waals surface area (Å²) in [7, 11) is -1.11. The summed E-state index contributed by atoms with van der Waals surface area (Å²) in [6.07, 6.45) is 0. The average molecular weight is 440 g/mol. The summed E-state index contributed by atoms with van der Waals surface area (Å²) >= 11 is 0. The van der Waals surface area contributed by atoms with Crippen molar-refractivity contribution >= 4 is 37.0 Å². The van der Waals surface area contributed by atoms with E-state index in [1.807, 2.05) is 25.1 Å². The van der Waals surface area contributed by atoms with Gasteiger partial charge in [0, 0.05) is 31.9 Å². The third-order valence-corrected chi connectivity index (χ3v) is 9.41. The van der Waals surface area contributed by atoms with Crippen molar-refractivity contribution in [3.63, 3.8) is 0 Å². The Labute approximate surface area is 185 Å². The van der Waals surface area contributed by atoms with Gasteiger partial charge in [-0.2, -0.15) is 0 Å². The minimum Gasteiger partial charge on any atom is -0.399 e. The zero-order valence-electron chi connectivity index (χ0n) is 18.8. The predicted molar refractivity (Wildman–Crippen MR) is 130 cm³/mol. The van der Waals surface area contributed by atoms with Crippen molar-refractivity contribution < 1.29 is 9.53 Å². The SMILES string of the molecule is Cc1cc(NC(=O)c2ccc(N)cc2N2CC[Si](C)(C)CC2)nc(N2CCOCC2)c1. The summed E-state index contributed by atoms with van der Waals surface area (Å²) in [5.41, 5.74) is 9.39. The van der Waals surface area contributed by atoms with E-state index in [0.29, 0.717) is 30.3 Å². The third kappa shape index (κ3) is 5.19. The number of nitrogen functional groups attached to an aromatic ring is 1. The number of ether oxygens (including phenoxy) is 1. The number of morpholine rings is 1. The Hall–Kier alpha value is -2.58. The van der Waals surface area contributed by atoms with Crippen molar-refractivity contribution in [2.75, 3.05) is 60.2 Å². The fraction of sp³-hybridized carbons (Fsp3) is 0.478. The second-order valence-electron chi connectivity index (χ2n) is 9.37. The van der Waals surface area contributed by atoms with Gasteiger partial charge in [0.05, 0.1) is 32.5 Å². The minimum absolute atomic E-state index is 0.150. The molecule has 7 nitrogen and oxygen atoms in total. The first-order valence-electron chi connectivity index (χ1n) is 11.1. The lowest BCUT2D eigenvalue weighted by Gasteiger charge is -2.37. The van der Waals surface area contributed by atoms with Gasteiger partial charge in [0.25, 0.3) is 5.91 Å². The highest BCUT2D eigenvalue weighted by molar-refractivity contribution is 6.77. The van der Waals surface area contributed by atoms with E-state index in [1.165, 1.54) is 12.1 Å². The summed E-state index contributed by atoms with van der Waals surface area (Å²) in [6, 6.07) is 12.0. The van der Waals surface area contributed by atoms with E-state index in [2.05, 4.69) is 34.3 Å². The fourth-order valence-electron chi connectivity index (χ4n) is 4.21. The maximum absolute atomic E-state index is 13.3. The molecule has 0 aliphatic carbocycles. The molecule has 0 bridgehead atoms. The first-order chi connectivity index (χ1) is 14.8. The van der Waals surface area contributed by atoms with Crippen molar-refractivity contribution in [3.8, 4) is 0 Å². The number of nitrogens with one attached hydrogen (secondary N) is 1. The predicted octanol–water partition coefficient (Wildman–Crippen LogP) is 3.59. The zero-order chi connectivity index (χ0) is 22.0. The number of aryl methyl sites for hydroxylation is 1. The van der Waals surface area contributed by atoms with Gasteiger partial charge in [0.1, 0.15) is 11.6 Å². The summed E-state index contributed by atoms with van der Waals surface area (Å²) in [5.74, 6) is 1.30. The standard InChI is InChI=1S/C23H33N5O2Si/c1-17-14-21(25-22(15-17)28-6-10-30-11-7-28)26-23(29)19-5-4-18(24)16-20(19)27-8-12-31(2,3)13-9-27/h4-5,14-16H,6-13,24H2,1-3H3,(H,25,26,29). The maximum Gasteiger partial charge on any atom is 0.258 e. The Morgan fingerprint density at radius 1 is 1.06 bits per heavy atom. The largest absolute Gasteiger partial charge is 0.399 e. The van der Waals surface area contributed by atoms with Gasteiger partial charge in [0.2, 0.25) is 0 Å². The van der Waals surface area contributed by atoms with E-state index < -0.39 is 8.07 Å². The number of hydrogen-bond donors (Lipinski definition) is 2. The van der Waals surface area contributed by atoms with Crippen molar-refractivity contribution in [1.82, 2.24) is 4.98 Å². The molecular weight excluding hydrogens is 406 g/mol. The molecule has 0 saturated carbocycles. The molecule has 1 amide bonds. The van der Waals surface area contributed by atoms with E-state index in [0.717, 1.165) is 43.2 Å². The Morgan fingerprint density at radius 2 is 1.77 bits per heavy atom. The molecule has 2 saturated heterocycles. The van der Waals surface area contributed by atoms with Crippen LogP contribution in [0.3, 0.4) is 0 Å². The number of carbonyl (C=O) groups is 1. The molecule has 1 aromatic heterocycles. The number of nitrogens with two attached hydrogens (primary N) is 1. The first kappa shape index (κ1) is 21.6. The molecule has 0 atom stereocenters. The Balaban J connectivity index is 1.56. The highest BCUT2D eigenvalue weighted by atomic mass is 28.3. The number of pyridine rings is 1. The van der Waals surface area contributed by atoms with E-state index in [-0.39, 0.29) is 5.91 Å². The van der Waals surface area contributed by atoms with Crippen LogP contribution in [0.2, 0.25) is 25.2 Å². The zero-order valence-corrected chi connectivity index (χ0v) is 19.8. The molecule has 3 heterocycles. The van der Waals surface area contributed by atoms with Crippen LogP contribution in [0.25, 0.3) is 0 Å². The van der Waals surface area contributed by atoms with E-state index in [1.54, 1.807) is 6.07 Å². The molecule has 8 heteroatoms. The van der Waals surface area contributed by atoms with E-state index >= 15 is 0 Å². The molecule has 2 aliphatic heterocycles. The number of benzene rings is 1. The Morgan fingerprint density at radius 3 is 2.48 bits per heavy atom. The van der Waals surface area contributed by atoms with Crippen LogP contribution in [0.15, 0.2) is 30.3 Å². The Bertz CT molecular complexity index is 949. The molecule has 166 valence electrons. The van der Waals surface area contributed by atoms with Crippen molar-refractivity contribution in [2.45, 2.75) is 32.1 Å². The van der Waals surface area contributed by atoms with Gasteiger partial charge in [-0.25, -0.2) is 4.98 Å². The summed E-state index contributed by atoms with van der Waals surface area (Å²) in [6.45, 7) is 11.9. The monoisotopic (exact) mass is 439 g/mol. The van der Waals surface area contributed by atoms with Gasteiger partial charge in [0.15, 0.2) is 0 Å². The van der Waals surface area contributed by atoms with Crippen LogP contribution in [-0.2, 0) is 4.74 Å². The topological polar surface area (TPSA) is 83.7 Å². The van der Waals surface area contributed by atoms with Crippen LogP contribution in [0.4, 0.5) is 23.0 Å². The lowest BCUT2D eigenvalue weighted by molar-refractivity contribution is 0.102. The molecule has 2 aromatic rings. The van der Waals surface area contributed by atoms with Crippen LogP contribution in [-0.4, -0.2) is 58.4 Å². The second kappa shape index (κ2) is 8.88. The molecule has 31 heavy (non-hydrogen) atoms. The molecule has 0 spiro atoms. The minimum atomic E-state index is -1.11. The van der Waals surface area contributed by atoms with Crippen LogP contribution >= 0.6 is 0 Å². The van der Waals surface area contributed by atoms with E-state index in [4.69, 9.17) is 15.5 Å². The van der Waals surface area contributed by atoms with Crippen molar-refractivity contribution in [3.05, 3.63) is 41.5 Å². The number of aromatic nitrogens is 1. The van der Waals surface area contributed by atoms with Gasteiger partial charge in [-0.3, -0.25) is 4.79 Å². The molecule has 0 radical (unpaired) electrons. The lowest BCUT2D eigenvalue weighted by Crippen LogP contribution is -2.43. The average Bonchev–Trinajstić information content (AvgIpc) is 2.74. The molecule has 3 N–H and O–H groups in total. The summed E-state index contributed by atoms with van der Waals surface area (Å²) in [5, 5.41) is 3.03. The van der Waals surface area contributed by atoms with Crippen molar-refractivity contribution in [2.24, 2.45) is 0 Å². The highest BCUT2D eigenvalue weighted by Crippen LogP contribution is 2.31. The number of amides is 1. The lowest BCUT2D eigenvalue weighted by atomic mass is 10.1. The van der Waals surface area contributed by atoms with Crippen molar-refractivity contribution in [1.29, 1.82) is 0 Å². The molecular formula is C23H33N5O2Si. The highest BCUT2D eigenvalue weighted by Gasteiger charge is 2.29. The third-order valence-electron chi connectivity index (χ3n) is 6.26. The van der Waals surface area contributed by atoms with Crippen LogP contribution in [0, 0.1) is 6.92 Å². The second-order valence-corrected chi connectivity index (χ2v) is 14.7. The number of hydrogen-bond acceptors (Lipinski definition) is 6. The number of rotatable bonds is 4. The van der Waals surface area contributed by atoms with Crippen LogP contribution < -0.4 is 20.9 Å². The molecule has 4 rings (SSSR count). The summed E-state index contributed by atoms with van der Waals surface area (Å²) in [4.78, 5) is 22.5. The van der Waals surface area contributed by atoms with Gasteiger partial charge < -0.3 is 25.6 Å². The fourth-order valence-corrected chi connectivity index (χ4v) is 6.21. The van der Waals surface area contributed by atoms with E-state index in [9.17, 15) is 4.79 Å². The Kier molecular flexibility index (Phi) is 6.20. The quantitative estimate of drug-likeness (QED) is 0.560. The summed E-state index contributed by atoms with van der Waals surface area (Å²) < 4.78 is 5.45.